The van der Waals surface area contributed by atoms with E-state index in [-0.39, 0.29) is 26.0 Å². The lowest BCUT2D eigenvalue weighted by Crippen LogP contribution is -1.88. The van der Waals surface area contributed by atoms with E-state index in [0.717, 1.165) is 30.8 Å². The quantitative estimate of drug-likeness (QED) is 0.576. The molecule has 1 rings (SSSR count). The molecular formula is C11H18BrO2P. The van der Waals surface area contributed by atoms with Gasteiger partial charge < -0.3 is 9.05 Å². The molecule has 0 aromatic heterocycles. The minimum Gasteiger partial charge on any atom is -0.449 e. The van der Waals surface area contributed by atoms with E-state index in [2.05, 4.69) is 6.92 Å². The van der Waals surface area contributed by atoms with Gasteiger partial charge in [0.2, 0.25) is 9.03 Å². The molecule has 15 heavy (non-hydrogen) atoms. The molecule has 0 aliphatic heterocycles. The van der Waals surface area contributed by atoms with Crippen molar-refractivity contribution >= 4 is 26.0 Å². The van der Waals surface area contributed by atoms with Crippen molar-refractivity contribution < 1.29 is 9.05 Å². The summed E-state index contributed by atoms with van der Waals surface area (Å²) in [7, 11) is 0.116. The van der Waals surface area contributed by atoms with Crippen molar-refractivity contribution in [1.29, 1.82) is 0 Å². The smallest absolute Gasteiger partial charge is 0.215 e. The number of halogens is 1. The summed E-state index contributed by atoms with van der Waals surface area (Å²) in [5, 5.41) is 0. The number of hydrogen-bond donors (Lipinski definition) is 0. The number of hydrogen-bond acceptors (Lipinski definition) is 2. The number of para-hydroxylation sites is 1. The highest BCUT2D eigenvalue weighted by molar-refractivity contribution is 8.93. The van der Waals surface area contributed by atoms with E-state index in [1.165, 1.54) is 0 Å². The molecule has 0 amide bonds. The Labute approximate surface area is 104 Å². The summed E-state index contributed by atoms with van der Waals surface area (Å²) >= 11 is 0. The van der Waals surface area contributed by atoms with E-state index < -0.39 is 0 Å². The van der Waals surface area contributed by atoms with E-state index in [9.17, 15) is 0 Å². The van der Waals surface area contributed by atoms with Crippen molar-refractivity contribution in [3.8, 4) is 5.75 Å². The second kappa shape index (κ2) is 9.14. The van der Waals surface area contributed by atoms with Gasteiger partial charge in [0.1, 0.15) is 5.75 Å². The Kier molecular flexibility index (Phi) is 9.07. The molecule has 1 aromatic rings. The van der Waals surface area contributed by atoms with Crippen LogP contribution in [0.4, 0.5) is 0 Å². The lowest BCUT2D eigenvalue weighted by Gasteiger charge is -2.07. The SMILES string of the molecule is Br.CCCCOPOc1ccccc1C. The van der Waals surface area contributed by atoms with Gasteiger partial charge in [-0.1, -0.05) is 31.5 Å². The fourth-order valence-electron chi connectivity index (χ4n) is 1.00. The fraction of sp³-hybridized carbons (Fsp3) is 0.455. The molecule has 0 fully saturated rings. The zero-order chi connectivity index (χ0) is 10.2. The van der Waals surface area contributed by atoms with Crippen LogP contribution in [-0.2, 0) is 4.52 Å². The first-order chi connectivity index (χ1) is 6.84. The molecule has 4 heteroatoms. The average Bonchev–Trinajstić information content (AvgIpc) is 2.20. The highest BCUT2D eigenvalue weighted by Gasteiger charge is 1.96. The fourth-order valence-corrected chi connectivity index (χ4v) is 1.61. The van der Waals surface area contributed by atoms with Gasteiger partial charge in [0.05, 0.1) is 6.61 Å². The predicted molar refractivity (Wildman–Crippen MR) is 71.3 cm³/mol. The summed E-state index contributed by atoms with van der Waals surface area (Å²) in [6.45, 7) is 4.97. The molecule has 0 radical (unpaired) electrons. The summed E-state index contributed by atoms with van der Waals surface area (Å²) in [5.74, 6) is 0.919. The van der Waals surface area contributed by atoms with Crippen LogP contribution in [0.2, 0.25) is 0 Å². The zero-order valence-corrected chi connectivity index (χ0v) is 11.9. The van der Waals surface area contributed by atoms with Crippen molar-refractivity contribution in [3.63, 3.8) is 0 Å². The number of unbranched alkanes of at least 4 members (excludes halogenated alkanes) is 1. The van der Waals surface area contributed by atoms with E-state index in [1.54, 1.807) is 0 Å². The monoisotopic (exact) mass is 292 g/mol. The summed E-state index contributed by atoms with van der Waals surface area (Å²) in [4.78, 5) is 0. The first kappa shape index (κ1) is 14.9. The molecule has 0 N–H and O–H groups in total. The highest BCUT2D eigenvalue weighted by Crippen LogP contribution is 2.24. The maximum Gasteiger partial charge on any atom is 0.215 e. The lowest BCUT2D eigenvalue weighted by molar-refractivity contribution is 0.321. The minimum atomic E-state index is 0. The molecule has 1 atom stereocenters. The minimum absolute atomic E-state index is 0. The van der Waals surface area contributed by atoms with Gasteiger partial charge in [-0.05, 0) is 25.0 Å². The van der Waals surface area contributed by atoms with Crippen LogP contribution >= 0.6 is 26.0 Å². The largest absolute Gasteiger partial charge is 0.449 e. The van der Waals surface area contributed by atoms with Crippen LogP contribution in [-0.4, -0.2) is 6.61 Å². The lowest BCUT2D eigenvalue weighted by atomic mass is 10.2. The normalized spacial score (nSPS) is 10.3. The van der Waals surface area contributed by atoms with Crippen LogP contribution in [0.5, 0.6) is 5.75 Å². The summed E-state index contributed by atoms with van der Waals surface area (Å²) in [5.41, 5.74) is 1.15. The summed E-state index contributed by atoms with van der Waals surface area (Å²) < 4.78 is 10.8. The molecule has 0 heterocycles. The topological polar surface area (TPSA) is 18.5 Å². The molecule has 0 bridgehead atoms. The van der Waals surface area contributed by atoms with Gasteiger partial charge in [0, 0.05) is 0 Å². The van der Waals surface area contributed by atoms with E-state index in [0.29, 0.717) is 0 Å². The van der Waals surface area contributed by atoms with Gasteiger partial charge in [-0.3, -0.25) is 0 Å². The van der Waals surface area contributed by atoms with Gasteiger partial charge in [0.25, 0.3) is 0 Å². The van der Waals surface area contributed by atoms with Crippen LogP contribution in [0.3, 0.4) is 0 Å². The van der Waals surface area contributed by atoms with E-state index in [1.807, 2.05) is 31.2 Å². The number of benzene rings is 1. The maximum absolute atomic E-state index is 5.49. The average molecular weight is 293 g/mol. The summed E-state index contributed by atoms with van der Waals surface area (Å²) in [6.07, 6.45) is 2.26. The van der Waals surface area contributed by atoms with Crippen LogP contribution in [0.25, 0.3) is 0 Å². The molecular weight excluding hydrogens is 275 g/mol. The van der Waals surface area contributed by atoms with E-state index in [4.69, 9.17) is 9.05 Å². The molecule has 1 aromatic carbocycles. The molecule has 0 aliphatic carbocycles. The molecule has 2 nitrogen and oxygen atoms in total. The Hall–Kier alpha value is -0.110. The highest BCUT2D eigenvalue weighted by atomic mass is 79.9. The Bertz CT molecular complexity index is 269. The number of rotatable bonds is 6. The molecule has 0 spiro atoms. The summed E-state index contributed by atoms with van der Waals surface area (Å²) in [6, 6.07) is 7.97. The Balaban J connectivity index is 0.00000196. The van der Waals surface area contributed by atoms with Crippen LogP contribution < -0.4 is 4.52 Å². The van der Waals surface area contributed by atoms with Gasteiger partial charge >= 0.3 is 0 Å². The third-order valence-electron chi connectivity index (χ3n) is 1.90. The Morgan fingerprint density at radius 3 is 2.67 bits per heavy atom. The van der Waals surface area contributed by atoms with Crippen molar-refractivity contribution in [2.24, 2.45) is 0 Å². The second-order valence-electron chi connectivity index (χ2n) is 3.15. The second-order valence-corrected chi connectivity index (χ2v) is 3.81. The first-order valence-electron chi connectivity index (χ1n) is 4.94. The van der Waals surface area contributed by atoms with Gasteiger partial charge in [-0.2, -0.15) is 0 Å². The van der Waals surface area contributed by atoms with E-state index >= 15 is 0 Å². The van der Waals surface area contributed by atoms with Crippen molar-refractivity contribution in [2.75, 3.05) is 6.61 Å². The molecule has 86 valence electrons. The van der Waals surface area contributed by atoms with Crippen LogP contribution in [0.1, 0.15) is 25.3 Å². The number of aryl methyl sites for hydroxylation is 1. The van der Waals surface area contributed by atoms with Crippen molar-refractivity contribution in [3.05, 3.63) is 29.8 Å². The third-order valence-corrected chi connectivity index (χ3v) is 2.53. The Morgan fingerprint density at radius 1 is 1.27 bits per heavy atom. The zero-order valence-electron chi connectivity index (χ0n) is 9.16. The van der Waals surface area contributed by atoms with Crippen molar-refractivity contribution in [1.82, 2.24) is 0 Å². The van der Waals surface area contributed by atoms with Gasteiger partial charge in [0.15, 0.2) is 0 Å². The standard InChI is InChI=1S/C11H17O2P.BrH/c1-3-4-9-12-14-13-11-8-6-5-7-10(11)2;/h5-8,14H,3-4,9H2,1-2H3;1H. The molecule has 0 saturated carbocycles. The van der Waals surface area contributed by atoms with Crippen LogP contribution in [0, 0.1) is 6.92 Å². The van der Waals surface area contributed by atoms with Gasteiger partial charge in [-0.15, -0.1) is 17.0 Å². The Morgan fingerprint density at radius 2 is 2.00 bits per heavy atom. The molecule has 0 saturated heterocycles. The van der Waals surface area contributed by atoms with Crippen LogP contribution in [0.15, 0.2) is 24.3 Å². The molecule has 0 aliphatic rings. The predicted octanol–water partition coefficient (Wildman–Crippen LogP) is 4.28. The van der Waals surface area contributed by atoms with Crippen molar-refractivity contribution in [2.45, 2.75) is 26.7 Å². The maximum atomic E-state index is 5.49. The molecule has 1 unspecified atom stereocenters. The first-order valence-corrected chi connectivity index (χ1v) is 5.75. The third kappa shape index (κ3) is 6.14. The van der Waals surface area contributed by atoms with Gasteiger partial charge in [-0.25, -0.2) is 0 Å².